The molecule has 0 aliphatic carbocycles. The maximum atomic E-state index is 3.51. The van der Waals surface area contributed by atoms with Gasteiger partial charge in [-0.25, -0.2) is 0 Å². The molecule has 2 aromatic rings. The number of aryl methyl sites for hydroxylation is 2. The number of rotatable bonds is 12. The van der Waals surface area contributed by atoms with Gasteiger partial charge in [0.05, 0.1) is 0 Å². The van der Waals surface area contributed by atoms with E-state index in [4.69, 9.17) is 0 Å². The van der Waals surface area contributed by atoms with Gasteiger partial charge in [-0.05, 0) is 61.1 Å². The number of benzene rings is 2. The molecule has 1 N–H and O–H groups in total. The van der Waals surface area contributed by atoms with Gasteiger partial charge in [0.1, 0.15) is 0 Å². The van der Waals surface area contributed by atoms with E-state index in [9.17, 15) is 0 Å². The molecule has 0 aromatic heterocycles. The van der Waals surface area contributed by atoms with Crippen LogP contribution in [0.3, 0.4) is 0 Å². The van der Waals surface area contributed by atoms with Crippen LogP contribution >= 0.6 is 0 Å². The summed E-state index contributed by atoms with van der Waals surface area (Å²) in [7, 11) is 0. The number of hydrogen-bond acceptors (Lipinski definition) is 1. The standard InChI is InChI=1S/C24H35N/c1-3-5-7-9-11-21-13-17-23(18-14-21)25-24-19-15-22(16-20-24)12-10-8-6-4-2/h13-20,25H,3-12H2,1-2H3. The summed E-state index contributed by atoms with van der Waals surface area (Å²) < 4.78 is 0. The van der Waals surface area contributed by atoms with Crippen molar-refractivity contribution >= 4 is 11.4 Å². The van der Waals surface area contributed by atoms with Crippen LogP contribution in [0.25, 0.3) is 0 Å². The zero-order chi connectivity index (χ0) is 17.7. The lowest BCUT2D eigenvalue weighted by Gasteiger charge is -2.09. The van der Waals surface area contributed by atoms with Gasteiger partial charge in [0.25, 0.3) is 0 Å². The lowest BCUT2D eigenvalue weighted by atomic mass is 10.1. The van der Waals surface area contributed by atoms with Crippen LogP contribution in [0.4, 0.5) is 11.4 Å². The Morgan fingerprint density at radius 3 is 1.28 bits per heavy atom. The normalized spacial score (nSPS) is 10.8. The molecule has 0 saturated carbocycles. The van der Waals surface area contributed by atoms with Crippen molar-refractivity contribution in [2.75, 3.05) is 5.32 Å². The molecule has 0 unspecified atom stereocenters. The van der Waals surface area contributed by atoms with Crippen molar-refractivity contribution in [3.8, 4) is 0 Å². The number of unbranched alkanes of at least 4 members (excludes halogenated alkanes) is 6. The Morgan fingerprint density at radius 1 is 0.520 bits per heavy atom. The first-order valence-electron chi connectivity index (χ1n) is 10.3. The van der Waals surface area contributed by atoms with E-state index in [1.54, 1.807) is 0 Å². The van der Waals surface area contributed by atoms with Crippen LogP contribution in [-0.2, 0) is 12.8 Å². The highest BCUT2D eigenvalue weighted by Gasteiger charge is 1.98. The molecule has 1 nitrogen and oxygen atoms in total. The number of nitrogens with one attached hydrogen (secondary N) is 1. The van der Waals surface area contributed by atoms with Gasteiger partial charge in [0.2, 0.25) is 0 Å². The van der Waals surface area contributed by atoms with Crippen LogP contribution in [0.15, 0.2) is 48.5 Å². The minimum Gasteiger partial charge on any atom is -0.356 e. The molecule has 2 aromatic carbocycles. The van der Waals surface area contributed by atoms with E-state index in [1.807, 2.05) is 0 Å². The predicted octanol–water partition coefficient (Wildman–Crippen LogP) is 7.68. The molecule has 0 aliphatic rings. The zero-order valence-electron chi connectivity index (χ0n) is 16.2. The maximum Gasteiger partial charge on any atom is 0.0384 e. The Balaban J connectivity index is 1.77. The second-order valence-electron chi connectivity index (χ2n) is 7.14. The van der Waals surface area contributed by atoms with Crippen molar-refractivity contribution in [1.29, 1.82) is 0 Å². The van der Waals surface area contributed by atoms with Gasteiger partial charge in [-0.2, -0.15) is 0 Å². The van der Waals surface area contributed by atoms with E-state index in [0.29, 0.717) is 0 Å². The van der Waals surface area contributed by atoms with Crippen LogP contribution in [0.1, 0.15) is 76.3 Å². The van der Waals surface area contributed by atoms with Gasteiger partial charge in [-0.1, -0.05) is 76.6 Å². The van der Waals surface area contributed by atoms with Gasteiger partial charge < -0.3 is 5.32 Å². The molecular formula is C24H35N. The fourth-order valence-electron chi connectivity index (χ4n) is 3.19. The van der Waals surface area contributed by atoms with Crippen molar-refractivity contribution < 1.29 is 0 Å². The summed E-state index contributed by atoms with van der Waals surface area (Å²) in [6.07, 6.45) is 13.0. The maximum absolute atomic E-state index is 3.51. The van der Waals surface area contributed by atoms with E-state index in [0.717, 1.165) is 0 Å². The number of anilines is 2. The molecule has 0 aliphatic heterocycles. The van der Waals surface area contributed by atoms with E-state index in [2.05, 4.69) is 67.7 Å². The van der Waals surface area contributed by atoms with Crippen LogP contribution in [0.2, 0.25) is 0 Å². The molecule has 0 heterocycles. The van der Waals surface area contributed by atoms with E-state index < -0.39 is 0 Å². The summed E-state index contributed by atoms with van der Waals surface area (Å²) in [6.45, 7) is 4.53. The third kappa shape index (κ3) is 7.77. The highest BCUT2D eigenvalue weighted by Crippen LogP contribution is 2.19. The van der Waals surface area contributed by atoms with E-state index in [1.165, 1.54) is 86.7 Å². The summed E-state index contributed by atoms with van der Waals surface area (Å²) in [5, 5.41) is 3.51. The van der Waals surface area contributed by atoms with Gasteiger partial charge >= 0.3 is 0 Å². The molecule has 0 radical (unpaired) electrons. The van der Waals surface area contributed by atoms with Gasteiger partial charge in [-0.3, -0.25) is 0 Å². The Morgan fingerprint density at radius 2 is 0.920 bits per heavy atom. The second-order valence-corrected chi connectivity index (χ2v) is 7.14. The minimum atomic E-state index is 1.17. The predicted molar refractivity (Wildman–Crippen MR) is 112 cm³/mol. The second kappa shape index (κ2) is 11.7. The largest absolute Gasteiger partial charge is 0.356 e. The smallest absolute Gasteiger partial charge is 0.0384 e. The highest BCUT2D eigenvalue weighted by molar-refractivity contribution is 5.60. The quantitative estimate of drug-likeness (QED) is 0.392. The average molecular weight is 338 g/mol. The number of hydrogen-bond donors (Lipinski definition) is 1. The van der Waals surface area contributed by atoms with Crippen LogP contribution < -0.4 is 5.32 Å². The first kappa shape index (κ1) is 19.6. The Kier molecular flexibility index (Phi) is 9.18. The van der Waals surface area contributed by atoms with Crippen molar-refractivity contribution in [3.63, 3.8) is 0 Å². The van der Waals surface area contributed by atoms with Crippen molar-refractivity contribution in [2.45, 2.75) is 78.1 Å². The molecule has 0 saturated heterocycles. The third-order valence-corrected chi connectivity index (χ3v) is 4.83. The molecule has 0 amide bonds. The van der Waals surface area contributed by atoms with Crippen LogP contribution in [0, 0.1) is 0 Å². The summed E-state index contributed by atoms with van der Waals surface area (Å²) in [4.78, 5) is 0. The Labute approximate surface area is 154 Å². The van der Waals surface area contributed by atoms with Crippen molar-refractivity contribution in [3.05, 3.63) is 59.7 Å². The molecule has 1 heteroatoms. The SMILES string of the molecule is CCCCCCc1ccc(Nc2ccc(CCCCCC)cc2)cc1. The lowest BCUT2D eigenvalue weighted by molar-refractivity contribution is 0.667. The fourth-order valence-corrected chi connectivity index (χ4v) is 3.19. The first-order chi connectivity index (χ1) is 12.3. The van der Waals surface area contributed by atoms with E-state index in [-0.39, 0.29) is 0 Å². The molecule has 0 fully saturated rings. The van der Waals surface area contributed by atoms with Crippen molar-refractivity contribution in [1.82, 2.24) is 0 Å². The van der Waals surface area contributed by atoms with E-state index >= 15 is 0 Å². The molecule has 0 atom stereocenters. The first-order valence-corrected chi connectivity index (χ1v) is 10.3. The van der Waals surface area contributed by atoms with Crippen LogP contribution in [0.5, 0.6) is 0 Å². The van der Waals surface area contributed by atoms with Gasteiger partial charge in [-0.15, -0.1) is 0 Å². The minimum absolute atomic E-state index is 1.17. The molecule has 2 rings (SSSR count). The molecule has 0 spiro atoms. The molecular weight excluding hydrogens is 302 g/mol. The summed E-state index contributed by atoms with van der Waals surface area (Å²) in [5.41, 5.74) is 5.24. The Bertz CT molecular complexity index is 515. The summed E-state index contributed by atoms with van der Waals surface area (Å²) in [5.74, 6) is 0. The molecule has 25 heavy (non-hydrogen) atoms. The van der Waals surface area contributed by atoms with Gasteiger partial charge in [0, 0.05) is 11.4 Å². The monoisotopic (exact) mass is 337 g/mol. The van der Waals surface area contributed by atoms with Gasteiger partial charge in [0.15, 0.2) is 0 Å². The fraction of sp³-hybridized carbons (Fsp3) is 0.500. The lowest BCUT2D eigenvalue weighted by Crippen LogP contribution is -1.92. The summed E-state index contributed by atoms with van der Waals surface area (Å²) >= 11 is 0. The van der Waals surface area contributed by atoms with Crippen LogP contribution in [-0.4, -0.2) is 0 Å². The zero-order valence-corrected chi connectivity index (χ0v) is 16.2. The average Bonchev–Trinajstić information content (AvgIpc) is 2.65. The highest BCUT2D eigenvalue weighted by atomic mass is 14.9. The summed E-state index contributed by atoms with van der Waals surface area (Å²) in [6, 6.07) is 17.8. The Hall–Kier alpha value is -1.76. The third-order valence-electron chi connectivity index (χ3n) is 4.83. The molecule has 0 bridgehead atoms. The molecule has 136 valence electrons. The van der Waals surface area contributed by atoms with Crippen molar-refractivity contribution in [2.24, 2.45) is 0 Å². The topological polar surface area (TPSA) is 12.0 Å².